The number of aryl methyl sites for hydroxylation is 1. The van der Waals surface area contributed by atoms with E-state index in [1.807, 2.05) is 13.0 Å². The summed E-state index contributed by atoms with van der Waals surface area (Å²) in [5.74, 6) is 1.37. The number of H-pyrrole nitrogens is 1. The van der Waals surface area contributed by atoms with Crippen LogP contribution in [0.5, 0.6) is 11.5 Å². The molecule has 0 saturated carbocycles. The Kier molecular flexibility index (Phi) is 2.79. The highest BCUT2D eigenvalue weighted by Crippen LogP contribution is 2.33. The monoisotopic (exact) mass is 233 g/mol. The largest absolute Gasteiger partial charge is 0.496 e. The van der Waals surface area contributed by atoms with Crippen LogP contribution in [-0.2, 0) is 0 Å². The van der Waals surface area contributed by atoms with Gasteiger partial charge in [-0.15, -0.1) is 0 Å². The summed E-state index contributed by atoms with van der Waals surface area (Å²) in [5, 5.41) is 0.893. The van der Waals surface area contributed by atoms with Gasteiger partial charge < -0.3 is 14.5 Å². The lowest BCUT2D eigenvalue weighted by atomic mass is 10.0. The Hall–Kier alpha value is -1.97. The van der Waals surface area contributed by atoms with E-state index < -0.39 is 0 Å². The first kappa shape index (κ1) is 11.5. The van der Waals surface area contributed by atoms with Gasteiger partial charge in [-0.05, 0) is 31.5 Å². The van der Waals surface area contributed by atoms with Gasteiger partial charge in [-0.3, -0.25) is 4.79 Å². The fourth-order valence-corrected chi connectivity index (χ4v) is 1.97. The summed E-state index contributed by atoms with van der Waals surface area (Å²) in [6.45, 7) is 3.71. The van der Waals surface area contributed by atoms with Crippen molar-refractivity contribution in [3.05, 3.63) is 33.6 Å². The summed E-state index contributed by atoms with van der Waals surface area (Å²) in [5.41, 5.74) is 2.20. The van der Waals surface area contributed by atoms with Gasteiger partial charge in [0.15, 0.2) is 0 Å². The van der Waals surface area contributed by atoms with Gasteiger partial charge in [-0.1, -0.05) is 0 Å². The molecule has 90 valence electrons. The van der Waals surface area contributed by atoms with Gasteiger partial charge in [-0.25, -0.2) is 0 Å². The fourth-order valence-electron chi connectivity index (χ4n) is 1.97. The number of ether oxygens (including phenoxy) is 2. The predicted molar refractivity (Wildman–Crippen MR) is 67.1 cm³/mol. The molecule has 4 heteroatoms. The number of pyridine rings is 1. The van der Waals surface area contributed by atoms with Crippen molar-refractivity contribution in [3.63, 3.8) is 0 Å². The summed E-state index contributed by atoms with van der Waals surface area (Å²) in [7, 11) is 3.19. The molecular weight excluding hydrogens is 218 g/mol. The molecule has 2 aromatic rings. The lowest BCUT2D eigenvalue weighted by Gasteiger charge is -2.12. The van der Waals surface area contributed by atoms with E-state index in [-0.39, 0.29) is 5.56 Å². The molecule has 0 radical (unpaired) electrons. The van der Waals surface area contributed by atoms with Crippen LogP contribution in [0.25, 0.3) is 10.9 Å². The minimum absolute atomic E-state index is 0.0958. The standard InChI is InChI=1S/C13H15NO3/c1-7-8(2)13(15)14-12-10(17-4)6-5-9(16-3)11(7)12/h5-6H,1-4H3,(H,14,15). The van der Waals surface area contributed by atoms with Crippen molar-refractivity contribution < 1.29 is 9.47 Å². The van der Waals surface area contributed by atoms with Crippen LogP contribution in [0.15, 0.2) is 16.9 Å². The molecule has 0 atom stereocenters. The molecule has 17 heavy (non-hydrogen) atoms. The van der Waals surface area contributed by atoms with Crippen LogP contribution in [0.4, 0.5) is 0 Å². The number of fused-ring (bicyclic) bond motifs is 1. The van der Waals surface area contributed by atoms with Crippen molar-refractivity contribution in [2.45, 2.75) is 13.8 Å². The van der Waals surface area contributed by atoms with Crippen LogP contribution in [0.1, 0.15) is 11.1 Å². The van der Waals surface area contributed by atoms with E-state index in [0.29, 0.717) is 16.8 Å². The number of hydrogen-bond acceptors (Lipinski definition) is 3. The Labute approximate surface area is 99.2 Å². The van der Waals surface area contributed by atoms with E-state index in [0.717, 1.165) is 16.7 Å². The molecule has 0 unspecified atom stereocenters. The smallest absolute Gasteiger partial charge is 0.251 e. The molecular formula is C13H15NO3. The molecule has 0 saturated heterocycles. The third-order valence-electron chi connectivity index (χ3n) is 3.09. The normalized spacial score (nSPS) is 10.6. The second-order valence-electron chi connectivity index (χ2n) is 3.92. The fraction of sp³-hybridized carbons (Fsp3) is 0.308. The molecule has 0 aliphatic carbocycles. The molecule has 0 aliphatic rings. The van der Waals surface area contributed by atoms with Crippen molar-refractivity contribution in [3.8, 4) is 11.5 Å². The molecule has 0 bridgehead atoms. The second kappa shape index (κ2) is 4.13. The zero-order valence-corrected chi connectivity index (χ0v) is 10.4. The Morgan fingerprint density at radius 2 is 1.59 bits per heavy atom. The third-order valence-corrected chi connectivity index (χ3v) is 3.09. The molecule has 1 N–H and O–H groups in total. The van der Waals surface area contributed by atoms with E-state index in [2.05, 4.69) is 4.98 Å². The molecule has 0 spiro atoms. The highest BCUT2D eigenvalue weighted by atomic mass is 16.5. The maximum Gasteiger partial charge on any atom is 0.251 e. The van der Waals surface area contributed by atoms with Crippen LogP contribution in [0.2, 0.25) is 0 Å². The molecule has 4 nitrogen and oxygen atoms in total. The quantitative estimate of drug-likeness (QED) is 0.864. The van der Waals surface area contributed by atoms with Crippen LogP contribution in [0.3, 0.4) is 0 Å². The second-order valence-corrected chi connectivity index (χ2v) is 3.92. The Morgan fingerprint density at radius 3 is 2.18 bits per heavy atom. The molecule has 0 fully saturated rings. The van der Waals surface area contributed by atoms with Crippen molar-refractivity contribution in [1.29, 1.82) is 0 Å². The molecule has 0 amide bonds. The van der Waals surface area contributed by atoms with Crippen molar-refractivity contribution >= 4 is 10.9 Å². The Balaban J connectivity index is 3.01. The van der Waals surface area contributed by atoms with Crippen LogP contribution in [0, 0.1) is 13.8 Å². The third kappa shape index (κ3) is 1.65. The maximum atomic E-state index is 11.8. The number of hydrogen-bond donors (Lipinski definition) is 1. The molecule has 0 aliphatic heterocycles. The summed E-state index contributed by atoms with van der Waals surface area (Å²) in [6, 6.07) is 3.62. The first-order chi connectivity index (χ1) is 8.10. The van der Waals surface area contributed by atoms with Gasteiger partial charge >= 0.3 is 0 Å². The minimum atomic E-state index is -0.0958. The topological polar surface area (TPSA) is 51.3 Å². The lowest BCUT2D eigenvalue weighted by Crippen LogP contribution is -2.12. The summed E-state index contributed by atoms with van der Waals surface area (Å²) < 4.78 is 10.6. The van der Waals surface area contributed by atoms with Crippen molar-refractivity contribution in [1.82, 2.24) is 4.98 Å². The van der Waals surface area contributed by atoms with Crippen LogP contribution in [-0.4, -0.2) is 19.2 Å². The number of aromatic amines is 1. The zero-order valence-electron chi connectivity index (χ0n) is 10.4. The predicted octanol–water partition coefficient (Wildman–Crippen LogP) is 2.16. The summed E-state index contributed by atoms with van der Waals surface area (Å²) in [6.07, 6.45) is 0. The van der Waals surface area contributed by atoms with E-state index in [4.69, 9.17) is 9.47 Å². The highest BCUT2D eigenvalue weighted by molar-refractivity contribution is 5.93. The van der Waals surface area contributed by atoms with Gasteiger partial charge in [0.25, 0.3) is 5.56 Å². The van der Waals surface area contributed by atoms with Crippen LogP contribution >= 0.6 is 0 Å². The number of aromatic nitrogens is 1. The highest BCUT2D eigenvalue weighted by Gasteiger charge is 2.13. The number of benzene rings is 1. The lowest BCUT2D eigenvalue weighted by molar-refractivity contribution is 0.409. The summed E-state index contributed by atoms with van der Waals surface area (Å²) >= 11 is 0. The summed E-state index contributed by atoms with van der Waals surface area (Å²) in [4.78, 5) is 14.6. The first-order valence-corrected chi connectivity index (χ1v) is 5.34. The maximum absolute atomic E-state index is 11.8. The number of methoxy groups -OCH3 is 2. The van der Waals surface area contributed by atoms with E-state index >= 15 is 0 Å². The Morgan fingerprint density at radius 1 is 1.00 bits per heavy atom. The molecule has 1 heterocycles. The van der Waals surface area contributed by atoms with E-state index in [9.17, 15) is 4.79 Å². The van der Waals surface area contributed by atoms with Gasteiger partial charge in [-0.2, -0.15) is 0 Å². The molecule has 1 aromatic heterocycles. The SMILES string of the molecule is COc1ccc(OC)c2c(C)c(C)c(=O)[nH]c12. The molecule has 2 rings (SSSR count). The first-order valence-electron chi connectivity index (χ1n) is 5.34. The number of nitrogens with one attached hydrogen (secondary N) is 1. The van der Waals surface area contributed by atoms with Gasteiger partial charge in [0.1, 0.15) is 11.5 Å². The van der Waals surface area contributed by atoms with Crippen LogP contribution < -0.4 is 15.0 Å². The van der Waals surface area contributed by atoms with E-state index in [1.54, 1.807) is 27.2 Å². The van der Waals surface area contributed by atoms with Crippen molar-refractivity contribution in [2.24, 2.45) is 0 Å². The number of rotatable bonds is 2. The van der Waals surface area contributed by atoms with Crippen molar-refractivity contribution in [2.75, 3.05) is 14.2 Å². The van der Waals surface area contributed by atoms with Gasteiger partial charge in [0.05, 0.1) is 19.7 Å². The average Bonchev–Trinajstić information content (AvgIpc) is 2.34. The van der Waals surface area contributed by atoms with Gasteiger partial charge in [0, 0.05) is 10.9 Å². The zero-order chi connectivity index (χ0) is 12.6. The minimum Gasteiger partial charge on any atom is -0.496 e. The Bertz CT molecular complexity index is 629. The average molecular weight is 233 g/mol. The molecule has 1 aromatic carbocycles. The van der Waals surface area contributed by atoms with E-state index in [1.165, 1.54) is 0 Å². The van der Waals surface area contributed by atoms with Gasteiger partial charge in [0.2, 0.25) is 0 Å².